The van der Waals surface area contributed by atoms with Gasteiger partial charge >= 0.3 is 6.97 Å². The van der Waals surface area contributed by atoms with Gasteiger partial charge in [0, 0.05) is 24.2 Å². The number of rotatable bonds is 14. The molecule has 0 bridgehead atoms. The smallest absolute Gasteiger partial charge is 0.497 e. The average molecular weight is 1160 g/mol. The van der Waals surface area contributed by atoms with Gasteiger partial charge in [0.2, 0.25) is 5.82 Å². The van der Waals surface area contributed by atoms with Crippen molar-refractivity contribution in [3.05, 3.63) is 232 Å². The number of aliphatic imine (C=N–C) groups is 1. The van der Waals surface area contributed by atoms with Crippen molar-refractivity contribution in [2.75, 3.05) is 13.3 Å². The molecule has 0 unspecified atom stereocenters. The Morgan fingerprint density at radius 2 is 1.26 bits per heavy atom. The molecule has 73 heavy (non-hydrogen) atoms. The van der Waals surface area contributed by atoms with Crippen molar-refractivity contribution in [1.29, 1.82) is 0 Å². The van der Waals surface area contributed by atoms with Crippen molar-refractivity contribution in [1.82, 2.24) is 19.5 Å². The predicted octanol–water partition coefficient (Wildman–Crippen LogP) is 12.7. The fraction of sp³-hybridized carbons (Fsp3) is 0.119. The van der Waals surface area contributed by atoms with Gasteiger partial charge in [-0.3, -0.25) is 4.68 Å². The van der Waals surface area contributed by atoms with E-state index in [0.717, 1.165) is 46.0 Å². The van der Waals surface area contributed by atoms with Gasteiger partial charge in [0.05, 0.1) is 34.2 Å². The highest BCUT2D eigenvalue weighted by Crippen LogP contribution is 2.56. The van der Waals surface area contributed by atoms with Crippen molar-refractivity contribution in [2.24, 2.45) is 4.99 Å². The maximum atomic E-state index is 18.4. The lowest BCUT2D eigenvalue weighted by atomic mass is 9.85. The van der Waals surface area contributed by atoms with E-state index in [2.05, 4.69) is 124 Å². The highest BCUT2D eigenvalue weighted by molar-refractivity contribution is 14.1. The van der Waals surface area contributed by atoms with Crippen LogP contribution in [-0.2, 0) is 26.0 Å². The maximum Gasteiger partial charge on any atom is 0.642 e. The number of allylic oxidation sites excluding steroid dienone is 1. The average Bonchev–Trinajstić information content (AvgIpc) is 4.14. The van der Waals surface area contributed by atoms with Gasteiger partial charge in [-0.05, 0) is 147 Å². The second-order valence-electron chi connectivity index (χ2n) is 18.3. The number of hydrogen-bond donors (Lipinski definition) is 0. The molecule has 8 nitrogen and oxygen atoms in total. The second kappa shape index (κ2) is 20.3. The molecule has 0 fully saturated rings. The van der Waals surface area contributed by atoms with E-state index in [9.17, 15) is 0 Å². The van der Waals surface area contributed by atoms with Gasteiger partial charge in [0.1, 0.15) is 52.7 Å². The standard InChI is InChI=1S/C59H48BF2IN6O2P.BrH/c1-70-47-33-35-51-44(38-47)30-34-52-53(41-18-7-2-8-19-41)58-64-59-54(42-20-9-3-10-21-42)55(63)56(68(59)60(61,62)69(58)57(51)52)43-28-31-46(32-29-43)71-40-45-39-67(66-65-45)36-17-37-72(48-22-11-4-12-23-48,49-24-13-5-14-25-49)50-26-15-6-16-27-50;/h2-16,18-29,31-33,35,38-39H,17,30,34,36-37,40H2,1H3;1H/q+1;. The minimum Gasteiger partial charge on any atom is -0.497 e. The Morgan fingerprint density at radius 1 is 0.685 bits per heavy atom. The zero-order valence-electron chi connectivity index (χ0n) is 39.9. The molecule has 4 heterocycles. The highest BCUT2D eigenvalue weighted by Gasteiger charge is 2.56. The largest absolute Gasteiger partial charge is 0.642 e. The summed E-state index contributed by atoms with van der Waals surface area (Å²) in [6.07, 6.45) is 5.09. The molecular formula is C59H49BBrF2IN6O2P+. The van der Waals surface area contributed by atoms with Crippen molar-refractivity contribution >= 4 is 92.7 Å². The Morgan fingerprint density at radius 3 is 1.86 bits per heavy atom. The van der Waals surface area contributed by atoms with Crippen LogP contribution in [0.5, 0.6) is 11.5 Å². The summed E-state index contributed by atoms with van der Waals surface area (Å²) in [5.41, 5.74) is 7.92. The SMILES string of the molecule is Br.COc1ccc2c(c1)CCc1c(-c3ccccc3)c3n(c1-2)[B-](F)(F)[N+]1=C(c2ccc(OCc4cn(CCC[P+](c5ccccc5)(c5ccccc5)c5ccccc5)nn4)cc2)C(I)=C(c2ccccc2)C1=N3. The molecule has 0 radical (unpaired) electrons. The number of fused-ring (bicyclic) bond motifs is 6. The van der Waals surface area contributed by atoms with E-state index >= 15 is 8.63 Å². The monoisotopic (exact) mass is 1160 g/mol. The third kappa shape index (κ3) is 8.58. The van der Waals surface area contributed by atoms with E-state index in [1.54, 1.807) is 7.11 Å². The molecule has 3 aliphatic rings. The lowest BCUT2D eigenvalue weighted by Crippen LogP contribution is -2.53. The van der Waals surface area contributed by atoms with E-state index in [-0.39, 0.29) is 35.2 Å². The van der Waals surface area contributed by atoms with Gasteiger partial charge in [-0.2, -0.15) is 0 Å². The number of aromatic nitrogens is 4. The third-order valence-electron chi connectivity index (χ3n) is 14.1. The quantitative estimate of drug-likeness (QED) is 0.0618. The van der Waals surface area contributed by atoms with Crippen LogP contribution in [0.2, 0.25) is 0 Å². The first-order valence-electron chi connectivity index (χ1n) is 24.2. The highest BCUT2D eigenvalue weighted by atomic mass is 127. The molecule has 14 heteroatoms. The van der Waals surface area contributed by atoms with E-state index in [1.807, 2.05) is 114 Å². The topological polar surface area (TPSA) is 69.5 Å². The molecule has 1 aliphatic carbocycles. The van der Waals surface area contributed by atoms with Gasteiger partial charge in [-0.15, -0.1) is 22.1 Å². The minimum absolute atomic E-state index is 0. The van der Waals surface area contributed by atoms with E-state index in [1.165, 1.54) is 24.9 Å². The normalized spacial score (nSPS) is 14.4. The first-order valence-corrected chi connectivity index (χ1v) is 27.3. The van der Waals surface area contributed by atoms with Crippen LogP contribution < -0.4 is 25.4 Å². The summed E-state index contributed by atoms with van der Waals surface area (Å²) in [5, 5.41) is 13.0. The summed E-state index contributed by atoms with van der Waals surface area (Å²) < 4.78 is 53.7. The van der Waals surface area contributed by atoms with Gasteiger partial charge in [-0.1, -0.05) is 120 Å². The molecule has 362 valence electrons. The fourth-order valence-electron chi connectivity index (χ4n) is 10.9. The summed E-state index contributed by atoms with van der Waals surface area (Å²) >= 11 is 2.24. The summed E-state index contributed by atoms with van der Waals surface area (Å²) in [4.78, 5) is 5.32. The van der Waals surface area contributed by atoms with Crippen molar-refractivity contribution < 1.29 is 22.6 Å². The fourth-order valence-corrected chi connectivity index (χ4v) is 16.4. The molecule has 0 N–H and O–H groups in total. The third-order valence-corrected chi connectivity index (χ3v) is 19.7. The molecule has 0 amide bonds. The lowest BCUT2D eigenvalue weighted by molar-refractivity contribution is -0.291. The summed E-state index contributed by atoms with van der Waals surface area (Å²) in [6.45, 7) is -3.62. The van der Waals surface area contributed by atoms with Crippen molar-refractivity contribution in [2.45, 2.75) is 32.4 Å². The summed E-state index contributed by atoms with van der Waals surface area (Å²) in [6, 6.07) is 65.4. The second-order valence-corrected chi connectivity index (χ2v) is 23.0. The molecule has 0 saturated heterocycles. The number of benzene rings is 7. The molecule has 7 aromatic carbocycles. The molecule has 12 rings (SSSR count). The zero-order chi connectivity index (χ0) is 48.8. The Labute approximate surface area is 448 Å². The van der Waals surface area contributed by atoms with E-state index in [4.69, 9.17) is 14.5 Å². The summed E-state index contributed by atoms with van der Waals surface area (Å²) in [7, 11) is -0.350. The molecule has 2 aliphatic heterocycles. The van der Waals surface area contributed by atoms with Crippen LogP contribution in [0.25, 0.3) is 28.0 Å². The van der Waals surface area contributed by atoms with Gasteiger partial charge in [0.15, 0.2) is 0 Å². The van der Waals surface area contributed by atoms with E-state index in [0.29, 0.717) is 62.7 Å². The Balaban J connectivity index is 0.00000574. The van der Waals surface area contributed by atoms with Crippen molar-refractivity contribution in [3.8, 4) is 33.9 Å². The van der Waals surface area contributed by atoms with Crippen molar-refractivity contribution in [3.63, 3.8) is 0 Å². The Hall–Kier alpha value is -6.80. The zero-order valence-corrected chi connectivity index (χ0v) is 44.6. The van der Waals surface area contributed by atoms with Crippen LogP contribution in [-0.4, -0.2) is 55.7 Å². The Bertz CT molecular complexity index is 3480. The number of methoxy groups -OCH3 is 1. The van der Waals surface area contributed by atoms with Gasteiger partial charge in [-0.25, -0.2) is 0 Å². The van der Waals surface area contributed by atoms with Crippen LogP contribution in [0.3, 0.4) is 0 Å². The van der Waals surface area contributed by atoms with Crippen LogP contribution >= 0.6 is 46.8 Å². The first-order chi connectivity index (χ1) is 35.3. The number of amidine groups is 1. The number of aryl methyl sites for hydroxylation is 2. The van der Waals surface area contributed by atoms with Crippen LogP contribution in [0.4, 0.5) is 14.4 Å². The maximum absolute atomic E-state index is 18.4. The minimum atomic E-state index is -4.52. The van der Waals surface area contributed by atoms with Crippen LogP contribution in [0, 0.1) is 0 Å². The number of halogens is 4. The lowest BCUT2D eigenvalue weighted by Gasteiger charge is -2.33. The molecule has 0 saturated carbocycles. The van der Waals surface area contributed by atoms with E-state index < -0.39 is 14.2 Å². The number of ether oxygens (including phenoxy) is 2. The summed E-state index contributed by atoms with van der Waals surface area (Å²) in [5.74, 6) is 1.79. The van der Waals surface area contributed by atoms with Gasteiger partial charge < -0.3 is 27.1 Å². The first kappa shape index (κ1) is 48.5. The molecule has 0 spiro atoms. The Kier molecular flexibility index (Phi) is 13.4. The predicted molar refractivity (Wildman–Crippen MR) is 307 cm³/mol. The molecule has 0 atom stereocenters. The number of hydrogen-bond acceptors (Lipinski definition) is 5. The number of nitrogens with zero attached hydrogens (tertiary/aromatic N) is 6. The van der Waals surface area contributed by atoms with Gasteiger partial charge in [0.25, 0.3) is 5.84 Å². The van der Waals surface area contributed by atoms with Crippen LogP contribution in [0.15, 0.2) is 209 Å². The molecular weight excluding hydrogens is 1110 g/mol. The molecule has 2 aromatic heterocycles. The molecule has 9 aromatic rings. The van der Waals surface area contributed by atoms with Crippen LogP contribution in [0.1, 0.15) is 34.4 Å².